The molecule has 0 radical (unpaired) electrons. The number of ether oxygens (including phenoxy) is 3. The van der Waals surface area contributed by atoms with E-state index in [0.717, 1.165) is 4.31 Å². The van der Waals surface area contributed by atoms with Crippen molar-refractivity contribution >= 4 is 21.6 Å². The molecule has 0 bridgehead atoms. The normalized spacial score (nSPS) is 13.3. The average Bonchev–Trinajstić information content (AvgIpc) is 2.79. The number of fused-ring (bicyclic) bond motifs is 1. The zero-order chi connectivity index (χ0) is 24.1. The zero-order valence-electron chi connectivity index (χ0n) is 19.6. The van der Waals surface area contributed by atoms with E-state index >= 15 is 0 Å². The van der Waals surface area contributed by atoms with Crippen molar-refractivity contribution in [3.63, 3.8) is 0 Å². The summed E-state index contributed by atoms with van der Waals surface area (Å²) in [6.07, 6.45) is 0. The number of sulfonamides is 1. The summed E-state index contributed by atoms with van der Waals surface area (Å²) in [7, 11) is -3.68. The van der Waals surface area contributed by atoms with Gasteiger partial charge in [0, 0.05) is 6.07 Å². The lowest BCUT2D eigenvalue weighted by Crippen LogP contribution is -2.42. The van der Waals surface area contributed by atoms with Crippen LogP contribution < -0.4 is 23.8 Å². The van der Waals surface area contributed by atoms with Crippen LogP contribution in [0.25, 0.3) is 0 Å². The minimum atomic E-state index is -3.68. The highest BCUT2D eigenvalue weighted by atomic mass is 32.2. The fourth-order valence-corrected chi connectivity index (χ4v) is 4.35. The summed E-state index contributed by atoms with van der Waals surface area (Å²) in [6, 6.07) is 12.7. The van der Waals surface area contributed by atoms with E-state index in [-0.39, 0.29) is 30.9 Å². The van der Waals surface area contributed by atoms with Crippen LogP contribution in [-0.2, 0) is 20.2 Å². The topological polar surface area (TPSA) is 94.2 Å². The molecular formula is C24H32N2O6S. The molecule has 3 rings (SSSR count). The van der Waals surface area contributed by atoms with Crippen LogP contribution in [0.15, 0.2) is 42.5 Å². The number of carbonyl (C=O) groups is 1. The van der Waals surface area contributed by atoms with Crippen molar-refractivity contribution in [3.8, 4) is 17.2 Å². The Bertz CT molecular complexity index is 1060. The number of rotatable bonds is 9. The zero-order valence-corrected chi connectivity index (χ0v) is 20.4. The van der Waals surface area contributed by atoms with E-state index in [2.05, 4.69) is 26.1 Å². The molecule has 2 aromatic carbocycles. The van der Waals surface area contributed by atoms with Crippen molar-refractivity contribution in [2.24, 2.45) is 0 Å². The van der Waals surface area contributed by atoms with Crippen molar-refractivity contribution in [3.05, 3.63) is 48.0 Å². The van der Waals surface area contributed by atoms with Gasteiger partial charge in [0.25, 0.3) is 0 Å². The second-order valence-electron chi connectivity index (χ2n) is 8.71. The Morgan fingerprint density at radius 3 is 2.36 bits per heavy atom. The first-order chi connectivity index (χ1) is 15.6. The van der Waals surface area contributed by atoms with Gasteiger partial charge in [-0.15, -0.1) is 0 Å². The summed E-state index contributed by atoms with van der Waals surface area (Å²) in [6.45, 7) is 8.98. The molecular weight excluding hydrogens is 444 g/mol. The van der Waals surface area contributed by atoms with Gasteiger partial charge in [0.1, 0.15) is 32.1 Å². The monoisotopic (exact) mass is 476 g/mol. The van der Waals surface area contributed by atoms with Crippen molar-refractivity contribution < 1.29 is 27.4 Å². The third kappa shape index (κ3) is 6.54. The molecule has 0 spiro atoms. The molecule has 9 heteroatoms. The molecule has 1 heterocycles. The van der Waals surface area contributed by atoms with Crippen LogP contribution >= 0.6 is 0 Å². The number of anilines is 1. The molecule has 180 valence electrons. The fourth-order valence-electron chi connectivity index (χ4n) is 3.29. The van der Waals surface area contributed by atoms with Crippen LogP contribution in [0, 0.1) is 0 Å². The molecule has 2 aromatic rings. The van der Waals surface area contributed by atoms with Gasteiger partial charge in [0.15, 0.2) is 11.5 Å². The smallest absolute Gasteiger partial charge is 0.240 e. The van der Waals surface area contributed by atoms with E-state index in [0.29, 0.717) is 36.1 Å². The molecule has 1 aliphatic heterocycles. The van der Waals surface area contributed by atoms with Gasteiger partial charge in [-0.25, -0.2) is 8.42 Å². The molecule has 1 N–H and O–H groups in total. The number of nitrogens with one attached hydrogen (secondary N) is 1. The minimum absolute atomic E-state index is 0.0639. The molecule has 0 fully saturated rings. The van der Waals surface area contributed by atoms with Crippen LogP contribution in [0.3, 0.4) is 0 Å². The van der Waals surface area contributed by atoms with Crippen LogP contribution in [0.1, 0.15) is 33.3 Å². The van der Waals surface area contributed by atoms with Gasteiger partial charge in [-0.3, -0.25) is 9.10 Å². The predicted octanol–water partition coefficient (Wildman–Crippen LogP) is 3.11. The first kappa shape index (κ1) is 24.7. The third-order valence-electron chi connectivity index (χ3n) is 5.21. The summed E-state index contributed by atoms with van der Waals surface area (Å²) < 4.78 is 43.1. The first-order valence-corrected chi connectivity index (χ1v) is 12.6. The van der Waals surface area contributed by atoms with Crippen LogP contribution in [0.2, 0.25) is 0 Å². The number of nitrogens with zero attached hydrogens (tertiary/aromatic N) is 1. The molecule has 1 amide bonds. The largest absolute Gasteiger partial charge is 0.492 e. The number of hydrogen-bond donors (Lipinski definition) is 1. The maximum Gasteiger partial charge on any atom is 0.240 e. The highest BCUT2D eigenvalue weighted by Gasteiger charge is 2.25. The standard InChI is InChI=1S/C24H32N2O6S/c1-5-33(28,29)26(19-8-11-21-22(16-19)32-15-14-31-21)17-23(27)25-12-13-30-20-9-6-18(7-10-20)24(2,3)4/h6-11,16H,5,12-15,17H2,1-4H3,(H,25,27). The Morgan fingerprint density at radius 1 is 1.06 bits per heavy atom. The maximum atomic E-state index is 12.7. The SMILES string of the molecule is CCS(=O)(=O)N(CC(=O)NCCOc1ccc(C(C)(C)C)cc1)c1ccc2c(c1)OCCO2. The molecule has 8 nitrogen and oxygen atoms in total. The van der Waals surface area contributed by atoms with Gasteiger partial charge < -0.3 is 19.5 Å². The highest BCUT2D eigenvalue weighted by Crippen LogP contribution is 2.34. The van der Waals surface area contributed by atoms with Crippen molar-refractivity contribution in [1.29, 1.82) is 0 Å². The van der Waals surface area contributed by atoms with Crippen LogP contribution in [-0.4, -0.2) is 53.0 Å². The summed E-state index contributed by atoms with van der Waals surface area (Å²) in [5, 5.41) is 2.72. The maximum absolute atomic E-state index is 12.7. The van der Waals surface area contributed by atoms with E-state index in [9.17, 15) is 13.2 Å². The number of benzene rings is 2. The van der Waals surface area contributed by atoms with Crippen LogP contribution in [0.4, 0.5) is 5.69 Å². The Hall–Kier alpha value is -2.94. The molecule has 33 heavy (non-hydrogen) atoms. The fraction of sp³-hybridized carbons (Fsp3) is 0.458. The van der Waals surface area contributed by atoms with E-state index in [4.69, 9.17) is 14.2 Å². The molecule has 0 saturated heterocycles. The van der Waals surface area contributed by atoms with Gasteiger partial charge in [0.2, 0.25) is 15.9 Å². The van der Waals surface area contributed by atoms with Gasteiger partial charge >= 0.3 is 0 Å². The van der Waals surface area contributed by atoms with E-state index in [1.165, 1.54) is 12.5 Å². The van der Waals surface area contributed by atoms with Gasteiger partial charge in [-0.2, -0.15) is 0 Å². The number of amides is 1. The lowest BCUT2D eigenvalue weighted by Gasteiger charge is -2.25. The second kappa shape index (κ2) is 10.3. The van der Waals surface area contributed by atoms with Crippen molar-refractivity contribution in [2.45, 2.75) is 33.1 Å². The molecule has 0 unspecified atom stereocenters. The van der Waals surface area contributed by atoms with Gasteiger partial charge in [-0.05, 0) is 42.2 Å². The molecule has 0 saturated carbocycles. The molecule has 0 atom stereocenters. The van der Waals surface area contributed by atoms with E-state index in [1.54, 1.807) is 18.2 Å². The lowest BCUT2D eigenvalue weighted by molar-refractivity contribution is -0.119. The van der Waals surface area contributed by atoms with Gasteiger partial charge in [-0.1, -0.05) is 32.9 Å². The van der Waals surface area contributed by atoms with E-state index < -0.39 is 15.9 Å². The Balaban J connectivity index is 1.57. The van der Waals surface area contributed by atoms with Gasteiger partial charge in [0.05, 0.1) is 18.0 Å². The summed E-state index contributed by atoms with van der Waals surface area (Å²) in [5.41, 5.74) is 1.62. The Morgan fingerprint density at radius 2 is 1.73 bits per heavy atom. The van der Waals surface area contributed by atoms with Crippen molar-refractivity contribution in [2.75, 3.05) is 43.0 Å². The Kier molecular flexibility index (Phi) is 7.73. The minimum Gasteiger partial charge on any atom is -0.492 e. The highest BCUT2D eigenvalue weighted by molar-refractivity contribution is 7.92. The average molecular weight is 477 g/mol. The van der Waals surface area contributed by atoms with Crippen LogP contribution in [0.5, 0.6) is 17.2 Å². The summed E-state index contributed by atoms with van der Waals surface area (Å²) >= 11 is 0. The summed E-state index contributed by atoms with van der Waals surface area (Å²) in [4.78, 5) is 12.5. The second-order valence-corrected chi connectivity index (χ2v) is 10.9. The summed E-state index contributed by atoms with van der Waals surface area (Å²) in [5.74, 6) is 1.16. The predicted molar refractivity (Wildman–Crippen MR) is 128 cm³/mol. The molecule has 0 aromatic heterocycles. The lowest BCUT2D eigenvalue weighted by atomic mass is 9.87. The van der Waals surface area contributed by atoms with E-state index in [1.807, 2.05) is 24.3 Å². The molecule has 1 aliphatic rings. The number of carbonyl (C=O) groups excluding carboxylic acids is 1. The first-order valence-electron chi connectivity index (χ1n) is 11.0. The number of hydrogen-bond acceptors (Lipinski definition) is 6. The molecule has 0 aliphatic carbocycles. The quantitative estimate of drug-likeness (QED) is 0.559. The van der Waals surface area contributed by atoms with Crippen molar-refractivity contribution in [1.82, 2.24) is 5.32 Å². The third-order valence-corrected chi connectivity index (χ3v) is 6.96. The Labute approximate surface area is 195 Å².